The number of halogens is 2. The molecule has 20 heavy (non-hydrogen) atoms. The standard InChI is InChI=1S/C15H17BrClN3/c1-10-9-20(12-4-2-3-5-12)15(18-10)19-14-7-6-11(17)8-13(14)16/h6-9,12H,2-5H2,1H3,(H,18,19). The predicted octanol–water partition coefficient (Wildman–Crippen LogP) is 5.47. The molecular formula is C15H17BrClN3. The minimum Gasteiger partial charge on any atom is -0.325 e. The summed E-state index contributed by atoms with van der Waals surface area (Å²) in [6.07, 6.45) is 7.25. The molecule has 2 aromatic rings. The summed E-state index contributed by atoms with van der Waals surface area (Å²) < 4.78 is 3.23. The summed E-state index contributed by atoms with van der Waals surface area (Å²) in [5, 5.41) is 4.13. The molecule has 1 aliphatic carbocycles. The molecule has 0 amide bonds. The third-order valence-electron chi connectivity index (χ3n) is 3.75. The van der Waals surface area contributed by atoms with Crippen LogP contribution in [-0.4, -0.2) is 9.55 Å². The summed E-state index contributed by atoms with van der Waals surface area (Å²) in [4.78, 5) is 4.61. The van der Waals surface area contributed by atoms with Crippen LogP contribution in [0.2, 0.25) is 5.02 Å². The topological polar surface area (TPSA) is 29.9 Å². The molecule has 0 bridgehead atoms. The number of anilines is 2. The summed E-state index contributed by atoms with van der Waals surface area (Å²) >= 11 is 9.52. The smallest absolute Gasteiger partial charge is 0.207 e. The molecule has 0 atom stereocenters. The average molecular weight is 355 g/mol. The van der Waals surface area contributed by atoms with E-state index >= 15 is 0 Å². The Morgan fingerprint density at radius 2 is 2.10 bits per heavy atom. The van der Waals surface area contributed by atoms with Crippen LogP contribution >= 0.6 is 27.5 Å². The van der Waals surface area contributed by atoms with E-state index in [1.807, 2.05) is 25.1 Å². The van der Waals surface area contributed by atoms with Crippen molar-refractivity contribution in [3.05, 3.63) is 39.6 Å². The maximum atomic E-state index is 5.98. The van der Waals surface area contributed by atoms with Gasteiger partial charge < -0.3 is 9.88 Å². The fourth-order valence-electron chi connectivity index (χ4n) is 2.78. The summed E-state index contributed by atoms with van der Waals surface area (Å²) in [7, 11) is 0. The van der Waals surface area contributed by atoms with Crippen molar-refractivity contribution >= 4 is 39.2 Å². The lowest BCUT2D eigenvalue weighted by molar-refractivity contribution is 0.524. The fraction of sp³-hybridized carbons (Fsp3) is 0.400. The van der Waals surface area contributed by atoms with Crippen LogP contribution in [0.15, 0.2) is 28.9 Å². The SMILES string of the molecule is Cc1cn(C2CCCC2)c(Nc2ccc(Cl)cc2Br)n1. The molecule has 0 spiro atoms. The first-order valence-electron chi connectivity index (χ1n) is 6.91. The van der Waals surface area contributed by atoms with Gasteiger partial charge in [-0.15, -0.1) is 0 Å². The maximum absolute atomic E-state index is 5.98. The Labute approximate surface area is 132 Å². The molecule has 1 saturated carbocycles. The zero-order valence-corrected chi connectivity index (χ0v) is 13.7. The van der Waals surface area contributed by atoms with E-state index in [4.69, 9.17) is 11.6 Å². The van der Waals surface area contributed by atoms with Crippen molar-refractivity contribution < 1.29 is 0 Å². The number of nitrogens with one attached hydrogen (secondary N) is 1. The highest BCUT2D eigenvalue weighted by molar-refractivity contribution is 9.10. The first-order valence-corrected chi connectivity index (χ1v) is 8.08. The Kier molecular flexibility index (Phi) is 4.03. The van der Waals surface area contributed by atoms with Gasteiger partial charge in [0.25, 0.3) is 0 Å². The van der Waals surface area contributed by atoms with E-state index < -0.39 is 0 Å². The fourth-order valence-corrected chi connectivity index (χ4v) is 3.56. The van der Waals surface area contributed by atoms with Gasteiger partial charge in [-0.2, -0.15) is 0 Å². The number of imidazole rings is 1. The lowest BCUT2D eigenvalue weighted by Gasteiger charge is -2.16. The van der Waals surface area contributed by atoms with Crippen molar-refractivity contribution in [2.75, 3.05) is 5.32 Å². The molecule has 1 aliphatic rings. The number of aromatic nitrogens is 2. The number of hydrogen-bond acceptors (Lipinski definition) is 2. The Bertz CT molecular complexity index is 618. The maximum Gasteiger partial charge on any atom is 0.207 e. The third kappa shape index (κ3) is 2.86. The molecule has 0 radical (unpaired) electrons. The van der Waals surface area contributed by atoms with Gasteiger partial charge >= 0.3 is 0 Å². The number of hydrogen-bond donors (Lipinski definition) is 1. The Hall–Kier alpha value is -1.000. The molecule has 1 aromatic heterocycles. The molecule has 3 nitrogen and oxygen atoms in total. The Balaban J connectivity index is 1.90. The summed E-state index contributed by atoms with van der Waals surface area (Å²) in [6, 6.07) is 6.31. The van der Waals surface area contributed by atoms with E-state index in [0.717, 1.165) is 26.8 Å². The largest absolute Gasteiger partial charge is 0.325 e. The quantitative estimate of drug-likeness (QED) is 0.792. The number of rotatable bonds is 3. The van der Waals surface area contributed by atoms with Crippen molar-refractivity contribution in [3.8, 4) is 0 Å². The van der Waals surface area contributed by atoms with E-state index in [0.29, 0.717) is 6.04 Å². The minimum absolute atomic E-state index is 0.574. The lowest BCUT2D eigenvalue weighted by Crippen LogP contribution is -2.08. The summed E-state index contributed by atoms with van der Waals surface area (Å²) in [5.41, 5.74) is 2.03. The summed E-state index contributed by atoms with van der Waals surface area (Å²) in [6.45, 7) is 2.04. The molecule has 1 fully saturated rings. The normalized spacial score (nSPS) is 15.8. The lowest BCUT2D eigenvalue weighted by atomic mass is 10.2. The molecule has 106 valence electrons. The zero-order valence-electron chi connectivity index (χ0n) is 11.4. The molecule has 1 heterocycles. The molecule has 1 aromatic carbocycles. The average Bonchev–Trinajstić information content (AvgIpc) is 3.02. The predicted molar refractivity (Wildman–Crippen MR) is 86.9 cm³/mol. The molecule has 5 heteroatoms. The monoisotopic (exact) mass is 353 g/mol. The molecule has 0 saturated heterocycles. The first kappa shape index (κ1) is 14.0. The highest BCUT2D eigenvalue weighted by Crippen LogP contribution is 2.34. The van der Waals surface area contributed by atoms with E-state index in [1.165, 1.54) is 25.7 Å². The van der Waals surface area contributed by atoms with Crippen molar-refractivity contribution in [1.82, 2.24) is 9.55 Å². The van der Waals surface area contributed by atoms with Crippen LogP contribution < -0.4 is 5.32 Å². The van der Waals surface area contributed by atoms with Crippen LogP contribution in [0.3, 0.4) is 0 Å². The van der Waals surface area contributed by atoms with Gasteiger partial charge in [0.2, 0.25) is 5.95 Å². The zero-order chi connectivity index (χ0) is 14.1. The van der Waals surface area contributed by atoms with Crippen molar-refractivity contribution in [3.63, 3.8) is 0 Å². The second-order valence-electron chi connectivity index (χ2n) is 5.30. The van der Waals surface area contributed by atoms with Crippen LogP contribution in [0.25, 0.3) is 0 Å². The van der Waals surface area contributed by atoms with Crippen LogP contribution in [-0.2, 0) is 0 Å². The van der Waals surface area contributed by atoms with E-state index in [-0.39, 0.29) is 0 Å². The van der Waals surface area contributed by atoms with Crippen molar-refractivity contribution in [2.45, 2.75) is 38.6 Å². The molecule has 0 unspecified atom stereocenters. The second-order valence-corrected chi connectivity index (χ2v) is 6.59. The number of benzene rings is 1. The van der Waals surface area contributed by atoms with Gasteiger partial charge in [-0.1, -0.05) is 24.4 Å². The Morgan fingerprint density at radius 3 is 2.80 bits per heavy atom. The van der Waals surface area contributed by atoms with Crippen LogP contribution in [0.5, 0.6) is 0 Å². The van der Waals surface area contributed by atoms with Crippen molar-refractivity contribution in [2.24, 2.45) is 0 Å². The second kappa shape index (κ2) is 5.78. The van der Waals surface area contributed by atoms with Crippen LogP contribution in [0.1, 0.15) is 37.4 Å². The number of nitrogens with zero attached hydrogens (tertiary/aromatic N) is 2. The highest BCUT2D eigenvalue weighted by Gasteiger charge is 2.20. The van der Waals surface area contributed by atoms with E-state index in [9.17, 15) is 0 Å². The van der Waals surface area contributed by atoms with Gasteiger partial charge in [0.1, 0.15) is 0 Å². The number of aryl methyl sites for hydroxylation is 1. The van der Waals surface area contributed by atoms with E-state index in [2.05, 4.69) is 37.0 Å². The van der Waals surface area contributed by atoms with Crippen LogP contribution in [0, 0.1) is 6.92 Å². The van der Waals surface area contributed by atoms with Gasteiger partial charge in [-0.05, 0) is 53.9 Å². The Morgan fingerprint density at radius 1 is 1.35 bits per heavy atom. The summed E-state index contributed by atoms with van der Waals surface area (Å²) in [5.74, 6) is 0.914. The molecule has 0 aliphatic heterocycles. The van der Waals surface area contributed by atoms with Gasteiger partial charge in [0.15, 0.2) is 0 Å². The highest BCUT2D eigenvalue weighted by atomic mass is 79.9. The minimum atomic E-state index is 0.574. The van der Waals surface area contributed by atoms with Gasteiger partial charge in [-0.3, -0.25) is 0 Å². The molecule has 1 N–H and O–H groups in total. The van der Waals surface area contributed by atoms with Gasteiger partial charge in [0.05, 0.1) is 11.4 Å². The third-order valence-corrected chi connectivity index (χ3v) is 4.64. The van der Waals surface area contributed by atoms with Crippen LogP contribution in [0.4, 0.5) is 11.6 Å². The molecular weight excluding hydrogens is 338 g/mol. The first-order chi connectivity index (χ1) is 9.63. The van der Waals surface area contributed by atoms with Gasteiger partial charge in [0, 0.05) is 21.7 Å². The molecule has 3 rings (SSSR count). The van der Waals surface area contributed by atoms with Gasteiger partial charge in [-0.25, -0.2) is 4.98 Å². The van der Waals surface area contributed by atoms with E-state index in [1.54, 1.807) is 0 Å². The van der Waals surface area contributed by atoms with Crippen molar-refractivity contribution in [1.29, 1.82) is 0 Å².